The molecule has 0 amide bonds. The summed E-state index contributed by atoms with van der Waals surface area (Å²) >= 11 is 8.63. The van der Waals surface area contributed by atoms with Crippen molar-refractivity contribution in [2.75, 3.05) is 7.11 Å². The molecular formula is C17H14Br2N2O2S. The third-order valence-electron chi connectivity index (χ3n) is 4.29. The Bertz CT molecular complexity index is 1010. The molecular weight excluding hydrogens is 456 g/mol. The SMILES string of the molecule is COc1c(Br)cc(Br)cc1-c1nc2sc3c(c2c(=O)[nH]1)CCCC3. The van der Waals surface area contributed by atoms with Crippen molar-refractivity contribution in [1.29, 1.82) is 0 Å². The number of methoxy groups -OCH3 is 1. The number of aromatic amines is 1. The molecule has 0 bridgehead atoms. The highest BCUT2D eigenvalue weighted by Crippen LogP contribution is 2.39. The quantitative estimate of drug-likeness (QED) is 0.570. The monoisotopic (exact) mass is 468 g/mol. The predicted molar refractivity (Wildman–Crippen MR) is 104 cm³/mol. The summed E-state index contributed by atoms with van der Waals surface area (Å²) in [5.74, 6) is 1.19. The Morgan fingerprint density at radius 2 is 2.04 bits per heavy atom. The lowest BCUT2D eigenvalue weighted by atomic mass is 9.97. The third-order valence-corrected chi connectivity index (χ3v) is 6.53. The average Bonchev–Trinajstić information content (AvgIpc) is 2.93. The Kier molecular flexibility index (Phi) is 4.26. The van der Waals surface area contributed by atoms with Gasteiger partial charge in [-0.2, -0.15) is 0 Å². The molecule has 4 nitrogen and oxygen atoms in total. The maximum atomic E-state index is 12.7. The summed E-state index contributed by atoms with van der Waals surface area (Å²) in [6.45, 7) is 0. The smallest absolute Gasteiger partial charge is 0.260 e. The largest absolute Gasteiger partial charge is 0.495 e. The zero-order valence-corrected chi connectivity index (χ0v) is 16.9. The summed E-state index contributed by atoms with van der Waals surface area (Å²) in [6.07, 6.45) is 4.37. The van der Waals surface area contributed by atoms with E-state index >= 15 is 0 Å². The topological polar surface area (TPSA) is 55.0 Å². The van der Waals surface area contributed by atoms with Crippen LogP contribution in [-0.4, -0.2) is 17.1 Å². The van der Waals surface area contributed by atoms with Gasteiger partial charge in [-0.05, 0) is 59.3 Å². The standard InChI is InChI=1S/C17H14Br2N2O2S/c1-23-14-10(6-8(18)7-11(14)19)15-20-16(22)13-9-4-2-3-5-12(9)24-17(13)21-15/h6-7H,2-5H2,1H3,(H,20,21,22). The number of H-pyrrole nitrogens is 1. The molecule has 0 saturated carbocycles. The number of hydrogen-bond acceptors (Lipinski definition) is 4. The first-order chi connectivity index (χ1) is 11.6. The lowest BCUT2D eigenvalue weighted by Gasteiger charge is -2.11. The van der Waals surface area contributed by atoms with Crippen LogP contribution in [0.15, 0.2) is 25.9 Å². The van der Waals surface area contributed by atoms with Gasteiger partial charge in [0, 0.05) is 9.35 Å². The van der Waals surface area contributed by atoms with E-state index in [9.17, 15) is 4.79 Å². The van der Waals surface area contributed by atoms with Crippen molar-refractivity contribution in [3.05, 3.63) is 41.9 Å². The van der Waals surface area contributed by atoms with E-state index in [1.165, 1.54) is 16.9 Å². The first kappa shape index (κ1) is 16.3. The van der Waals surface area contributed by atoms with Crippen molar-refractivity contribution in [2.24, 2.45) is 0 Å². The van der Waals surface area contributed by atoms with Gasteiger partial charge in [-0.25, -0.2) is 4.98 Å². The highest BCUT2D eigenvalue weighted by atomic mass is 79.9. The molecule has 1 aliphatic carbocycles. The molecule has 1 aliphatic rings. The van der Waals surface area contributed by atoms with Gasteiger partial charge in [0.2, 0.25) is 0 Å². The van der Waals surface area contributed by atoms with Crippen molar-refractivity contribution >= 4 is 53.4 Å². The summed E-state index contributed by atoms with van der Waals surface area (Å²) < 4.78 is 7.19. The van der Waals surface area contributed by atoms with Gasteiger partial charge < -0.3 is 9.72 Å². The fourth-order valence-corrected chi connectivity index (χ4v) is 5.88. The molecule has 0 radical (unpaired) electrons. The van der Waals surface area contributed by atoms with E-state index in [1.54, 1.807) is 18.4 Å². The lowest BCUT2D eigenvalue weighted by molar-refractivity contribution is 0.413. The van der Waals surface area contributed by atoms with Crippen LogP contribution >= 0.6 is 43.2 Å². The van der Waals surface area contributed by atoms with Crippen molar-refractivity contribution in [3.63, 3.8) is 0 Å². The van der Waals surface area contributed by atoms with Gasteiger partial charge in [0.15, 0.2) is 0 Å². The molecule has 1 aromatic carbocycles. The molecule has 0 atom stereocenters. The number of fused-ring (bicyclic) bond motifs is 3. The van der Waals surface area contributed by atoms with E-state index in [-0.39, 0.29) is 5.56 Å². The molecule has 0 spiro atoms. The molecule has 0 unspecified atom stereocenters. The van der Waals surface area contributed by atoms with Crippen LogP contribution in [0.4, 0.5) is 0 Å². The number of nitrogens with one attached hydrogen (secondary N) is 1. The number of rotatable bonds is 2. The van der Waals surface area contributed by atoms with Crippen molar-refractivity contribution in [1.82, 2.24) is 9.97 Å². The fraction of sp³-hybridized carbons (Fsp3) is 0.294. The molecule has 2 heterocycles. The third kappa shape index (κ3) is 2.62. The highest BCUT2D eigenvalue weighted by Gasteiger charge is 2.21. The van der Waals surface area contributed by atoms with Crippen LogP contribution < -0.4 is 10.3 Å². The number of ether oxygens (including phenoxy) is 1. The molecule has 2 aromatic heterocycles. The van der Waals surface area contributed by atoms with E-state index in [4.69, 9.17) is 9.72 Å². The molecule has 0 fully saturated rings. The minimum atomic E-state index is -0.0625. The summed E-state index contributed by atoms with van der Waals surface area (Å²) in [4.78, 5) is 22.5. The molecule has 1 N–H and O–H groups in total. The van der Waals surface area contributed by atoms with Crippen molar-refractivity contribution < 1.29 is 4.74 Å². The number of aryl methyl sites for hydroxylation is 2. The van der Waals surface area contributed by atoms with Gasteiger partial charge >= 0.3 is 0 Å². The number of aromatic nitrogens is 2. The minimum Gasteiger partial charge on any atom is -0.495 e. The van der Waals surface area contributed by atoms with Gasteiger partial charge in [0.05, 0.1) is 22.5 Å². The first-order valence-corrected chi connectivity index (χ1v) is 10.1. The molecule has 4 rings (SSSR count). The fourth-order valence-electron chi connectivity index (χ4n) is 3.24. The van der Waals surface area contributed by atoms with Crippen LogP contribution in [0.5, 0.6) is 5.75 Å². The minimum absolute atomic E-state index is 0.0625. The second kappa shape index (κ2) is 6.28. The first-order valence-electron chi connectivity index (χ1n) is 7.66. The van der Waals surface area contributed by atoms with E-state index in [2.05, 4.69) is 36.8 Å². The number of thiophene rings is 1. The lowest BCUT2D eigenvalue weighted by Crippen LogP contribution is -2.11. The van der Waals surface area contributed by atoms with Gasteiger partial charge in [0.25, 0.3) is 5.56 Å². The number of nitrogens with zero attached hydrogens (tertiary/aromatic N) is 1. The number of hydrogen-bond donors (Lipinski definition) is 1. The number of halogens is 2. The molecule has 24 heavy (non-hydrogen) atoms. The second-order valence-corrected chi connectivity index (χ2v) is 8.63. The Morgan fingerprint density at radius 3 is 2.83 bits per heavy atom. The van der Waals surface area contributed by atoms with E-state index in [0.717, 1.165) is 44.0 Å². The molecule has 3 aromatic rings. The van der Waals surface area contributed by atoms with Crippen LogP contribution in [0.1, 0.15) is 23.3 Å². The maximum Gasteiger partial charge on any atom is 0.260 e. The normalized spacial score (nSPS) is 14.0. The molecule has 0 aliphatic heterocycles. The van der Waals surface area contributed by atoms with Crippen LogP contribution in [0.25, 0.3) is 21.6 Å². The number of benzene rings is 1. The Hall–Kier alpha value is -1.18. The van der Waals surface area contributed by atoms with Crippen molar-refractivity contribution in [2.45, 2.75) is 25.7 Å². The predicted octanol–water partition coefficient (Wildman–Crippen LogP) is 5.06. The van der Waals surface area contributed by atoms with Crippen LogP contribution in [-0.2, 0) is 12.8 Å². The van der Waals surface area contributed by atoms with Gasteiger partial charge in [-0.1, -0.05) is 15.9 Å². The van der Waals surface area contributed by atoms with Crippen molar-refractivity contribution in [3.8, 4) is 17.1 Å². The van der Waals surface area contributed by atoms with E-state index in [0.29, 0.717) is 11.6 Å². The average molecular weight is 470 g/mol. The summed E-state index contributed by atoms with van der Waals surface area (Å²) in [5.41, 5.74) is 1.89. The Morgan fingerprint density at radius 1 is 1.25 bits per heavy atom. The Balaban J connectivity index is 1.98. The van der Waals surface area contributed by atoms with Crippen LogP contribution in [0.2, 0.25) is 0 Å². The summed E-state index contributed by atoms with van der Waals surface area (Å²) in [5, 5.41) is 0.770. The van der Waals surface area contributed by atoms with Gasteiger partial charge in [-0.15, -0.1) is 11.3 Å². The molecule has 124 valence electrons. The maximum absolute atomic E-state index is 12.7. The van der Waals surface area contributed by atoms with E-state index in [1.807, 2.05) is 12.1 Å². The zero-order valence-electron chi connectivity index (χ0n) is 12.9. The van der Waals surface area contributed by atoms with E-state index < -0.39 is 0 Å². The van der Waals surface area contributed by atoms with Gasteiger partial charge in [-0.3, -0.25) is 4.79 Å². The summed E-state index contributed by atoms with van der Waals surface area (Å²) in [7, 11) is 1.61. The van der Waals surface area contributed by atoms with Gasteiger partial charge in [0.1, 0.15) is 16.4 Å². The Labute approximate surface area is 159 Å². The second-order valence-electron chi connectivity index (χ2n) is 5.77. The highest BCUT2D eigenvalue weighted by molar-refractivity contribution is 9.11. The molecule has 7 heteroatoms. The summed E-state index contributed by atoms with van der Waals surface area (Å²) in [6, 6.07) is 3.81. The zero-order chi connectivity index (χ0) is 16.8. The molecule has 0 saturated heterocycles. The van der Waals surface area contributed by atoms with Crippen LogP contribution in [0.3, 0.4) is 0 Å². The van der Waals surface area contributed by atoms with Crippen LogP contribution in [0, 0.1) is 0 Å².